The van der Waals surface area contributed by atoms with Crippen LogP contribution in [-0.4, -0.2) is 35.9 Å². The molecule has 2 heterocycles. The second-order valence-electron chi connectivity index (χ2n) is 2.79. The summed E-state index contributed by atoms with van der Waals surface area (Å²) in [6.45, 7) is 0. The van der Waals surface area contributed by atoms with Gasteiger partial charge in [0, 0.05) is 5.39 Å². The quantitative estimate of drug-likeness (QED) is 0.515. The van der Waals surface area contributed by atoms with E-state index in [2.05, 4.69) is 30.8 Å². The molecule has 0 unspecified atom stereocenters. The molecule has 0 saturated carbocycles. The van der Waals surface area contributed by atoms with Crippen molar-refractivity contribution < 1.29 is 5.11 Å². The number of phenols is 1. The van der Waals surface area contributed by atoms with Gasteiger partial charge in [-0.05, 0) is 11.3 Å². The number of phenolic OH excluding ortho intramolecular Hbond substituents is 1. The maximum absolute atomic E-state index is 9.55. The van der Waals surface area contributed by atoms with E-state index in [0.29, 0.717) is 21.9 Å². The molecule has 1 aromatic carbocycles. The Bertz CT molecular complexity index is 618. The molecule has 3 aromatic rings. The molecule has 2 N–H and O–H groups in total. The summed E-state index contributed by atoms with van der Waals surface area (Å²) in [4.78, 5) is 0. The highest BCUT2D eigenvalue weighted by molar-refractivity contribution is 6.03. The summed E-state index contributed by atoms with van der Waals surface area (Å²) in [7, 11) is 0. The monoisotopic (exact) mass is 188 g/mol. The highest BCUT2D eigenvalue weighted by Gasteiger charge is 2.10. The van der Waals surface area contributed by atoms with Gasteiger partial charge in [0.2, 0.25) is 0 Å². The predicted molar refractivity (Wildman–Crippen MR) is 46.4 cm³/mol. The molecule has 0 aliphatic carbocycles. The third-order valence-electron chi connectivity index (χ3n) is 1.97. The van der Waals surface area contributed by atoms with Crippen LogP contribution in [0.3, 0.4) is 0 Å². The predicted octanol–water partition coefficient (Wildman–Crippen LogP) is 0.00170. The summed E-state index contributed by atoms with van der Waals surface area (Å²) in [6, 6.07) is 1.53. The Balaban J connectivity index is 2.66. The zero-order chi connectivity index (χ0) is 9.54. The Morgan fingerprint density at radius 3 is 2.93 bits per heavy atom. The van der Waals surface area contributed by atoms with Gasteiger partial charge in [-0.1, -0.05) is 0 Å². The first kappa shape index (κ1) is 7.13. The maximum Gasteiger partial charge on any atom is 0.159 e. The van der Waals surface area contributed by atoms with Gasteiger partial charge < -0.3 is 5.11 Å². The number of nitrogens with one attached hydrogen (secondary N) is 1. The SMILES string of the molecule is Oc1cc2cn[nH]nc2c2nnnc12. The molecule has 0 radical (unpaired) electrons. The zero-order valence-corrected chi connectivity index (χ0v) is 6.84. The second kappa shape index (κ2) is 2.34. The Morgan fingerprint density at radius 2 is 2.00 bits per heavy atom. The summed E-state index contributed by atoms with van der Waals surface area (Å²) >= 11 is 0. The van der Waals surface area contributed by atoms with E-state index in [1.807, 2.05) is 0 Å². The highest BCUT2D eigenvalue weighted by atomic mass is 16.3. The van der Waals surface area contributed by atoms with Crippen LogP contribution in [0.4, 0.5) is 0 Å². The standard InChI is InChI=1S/C7H4N6O/c14-4-1-3-2-8-12-9-5(3)7-6(4)10-13-11-7/h1-2,12,14H. The maximum atomic E-state index is 9.55. The molecule has 68 valence electrons. The zero-order valence-electron chi connectivity index (χ0n) is 6.84. The van der Waals surface area contributed by atoms with Crippen molar-refractivity contribution in [2.75, 3.05) is 0 Å². The fraction of sp³-hybridized carbons (Fsp3) is 0. The minimum atomic E-state index is 0.0345. The van der Waals surface area contributed by atoms with Crippen LogP contribution in [0.25, 0.3) is 21.9 Å². The number of aromatic nitrogens is 6. The number of nitrogens with zero attached hydrogens (tertiary/aromatic N) is 5. The third kappa shape index (κ3) is 0.777. The van der Waals surface area contributed by atoms with Crippen molar-refractivity contribution in [2.45, 2.75) is 0 Å². The van der Waals surface area contributed by atoms with E-state index in [1.165, 1.54) is 6.07 Å². The molecular weight excluding hydrogens is 184 g/mol. The van der Waals surface area contributed by atoms with Crippen LogP contribution in [0.5, 0.6) is 5.75 Å². The molecule has 0 bridgehead atoms. The molecule has 3 rings (SSSR count). The molecule has 0 spiro atoms. The van der Waals surface area contributed by atoms with Gasteiger partial charge in [0.15, 0.2) is 5.52 Å². The van der Waals surface area contributed by atoms with E-state index in [0.717, 1.165) is 0 Å². The summed E-state index contributed by atoms with van der Waals surface area (Å²) in [5.74, 6) is 0.0345. The molecule has 0 fully saturated rings. The molecule has 0 aliphatic heterocycles. The van der Waals surface area contributed by atoms with Gasteiger partial charge in [-0.3, -0.25) is 0 Å². The van der Waals surface area contributed by atoms with Crippen molar-refractivity contribution in [3.8, 4) is 5.75 Å². The van der Waals surface area contributed by atoms with Crippen molar-refractivity contribution in [1.82, 2.24) is 30.8 Å². The first-order valence-electron chi connectivity index (χ1n) is 3.87. The summed E-state index contributed by atoms with van der Waals surface area (Å²) in [6.07, 6.45) is 1.55. The van der Waals surface area contributed by atoms with Gasteiger partial charge >= 0.3 is 0 Å². The van der Waals surface area contributed by atoms with Crippen molar-refractivity contribution in [3.05, 3.63) is 12.3 Å². The fourth-order valence-electron chi connectivity index (χ4n) is 1.35. The van der Waals surface area contributed by atoms with Crippen LogP contribution >= 0.6 is 0 Å². The van der Waals surface area contributed by atoms with Crippen LogP contribution in [0.1, 0.15) is 0 Å². The van der Waals surface area contributed by atoms with Crippen molar-refractivity contribution in [3.63, 3.8) is 0 Å². The molecule has 0 atom stereocenters. The lowest BCUT2D eigenvalue weighted by Crippen LogP contribution is -1.88. The van der Waals surface area contributed by atoms with Crippen molar-refractivity contribution in [1.29, 1.82) is 0 Å². The summed E-state index contributed by atoms with van der Waals surface area (Å²) in [5.41, 5.74) is 1.42. The van der Waals surface area contributed by atoms with Gasteiger partial charge in [0.05, 0.1) is 6.20 Å². The molecule has 7 nitrogen and oxygen atoms in total. The molecule has 0 saturated heterocycles. The van der Waals surface area contributed by atoms with Crippen LogP contribution < -0.4 is 0 Å². The lowest BCUT2D eigenvalue weighted by molar-refractivity contribution is 0.481. The number of benzene rings is 1. The second-order valence-corrected chi connectivity index (χ2v) is 2.79. The minimum absolute atomic E-state index is 0.0345. The van der Waals surface area contributed by atoms with Gasteiger partial charge in [-0.25, -0.2) is 0 Å². The first-order chi connectivity index (χ1) is 6.86. The van der Waals surface area contributed by atoms with Crippen LogP contribution in [-0.2, 0) is 0 Å². The van der Waals surface area contributed by atoms with E-state index in [4.69, 9.17) is 0 Å². The minimum Gasteiger partial charge on any atom is -0.506 e. The molecule has 0 aliphatic rings. The number of aromatic amines is 1. The van der Waals surface area contributed by atoms with Gasteiger partial charge in [0.1, 0.15) is 16.8 Å². The Labute approximate surface area is 76.8 Å². The number of H-pyrrole nitrogens is 1. The smallest absolute Gasteiger partial charge is 0.159 e. The van der Waals surface area contributed by atoms with E-state index in [9.17, 15) is 5.11 Å². The molecule has 2 aromatic heterocycles. The van der Waals surface area contributed by atoms with Crippen LogP contribution in [0, 0.1) is 0 Å². The van der Waals surface area contributed by atoms with Gasteiger partial charge in [-0.15, -0.1) is 10.2 Å². The van der Waals surface area contributed by atoms with E-state index >= 15 is 0 Å². The fourth-order valence-corrected chi connectivity index (χ4v) is 1.35. The number of rotatable bonds is 0. The van der Waals surface area contributed by atoms with Crippen LogP contribution in [0.2, 0.25) is 0 Å². The van der Waals surface area contributed by atoms with E-state index in [-0.39, 0.29) is 5.75 Å². The lowest BCUT2D eigenvalue weighted by atomic mass is 10.2. The molecule has 7 heteroatoms. The van der Waals surface area contributed by atoms with Crippen LogP contribution in [0.15, 0.2) is 12.3 Å². The number of hydrogen-bond donors (Lipinski definition) is 2. The Kier molecular flexibility index (Phi) is 1.19. The van der Waals surface area contributed by atoms with Gasteiger partial charge in [0.25, 0.3) is 0 Å². The van der Waals surface area contributed by atoms with E-state index in [1.54, 1.807) is 6.20 Å². The molecule has 0 amide bonds. The Hall–Kier alpha value is -2.31. The lowest BCUT2D eigenvalue weighted by Gasteiger charge is -1.96. The van der Waals surface area contributed by atoms with E-state index < -0.39 is 0 Å². The van der Waals surface area contributed by atoms with Crippen molar-refractivity contribution in [2.24, 2.45) is 0 Å². The van der Waals surface area contributed by atoms with Gasteiger partial charge in [-0.2, -0.15) is 15.4 Å². The summed E-state index contributed by atoms with van der Waals surface area (Å²) < 4.78 is 0. The topological polar surface area (TPSA) is 100 Å². The first-order valence-corrected chi connectivity index (χ1v) is 3.87. The summed E-state index contributed by atoms with van der Waals surface area (Å²) in [5, 5.41) is 31.3. The highest BCUT2D eigenvalue weighted by Crippen LogP contribution is 2.27. The average Bonchev–Trinajstić information content (AvgIpc) is 2.67. The average molecular weight is 188 g/mol. The number of fused-ring (bicyclic) bond motifs is 3. The number of hydrogen-bond acceptors (Lipinski definition) is 6. The van der Waals surface area contributed by atoms with Crippen molar-refractivity contribution >= 4 is 21.9 Å². The third-order valence-corrected chi connectivity index (χ3v) is 1.97. The molecule has 14 heavy (non-hydrogen) atoms. The normalized spacial score (nSPS) is 11.1. The largest absolute Gasteiger partial charge is 0.506 e. The molecular formula is C7H4N6O. The number of aromatic hydroxyl groups is 1. The Morgan fingerprint density at radius 1 is 1.14 bits per heavy atom.